The Labute approximate surface area is 193 Å². The van der Waals surface area contributed by atoms with E-state index in [1.807, 2.05) is 0 Å². The molecule has 3 rings (SSSR count). The molecule has 0 atom stereocenters. The number of hydrogen-bond acceptors (Lipinski definition) is 7. The zero-order valence-electron chi connectivity index (χ0n) is 18.1. The number of nitrogens with zero attached hydrogens (tertiary/aromatic N) is 1. The van der Waals surface area contributed by atoms with Gasteiger partial charge in [0.25, 0.3) is 0 Å². The van der Waals surface area contributed by atoms with Gasteiger partial charge in [0.15, 0.2) is 0 Å². The molecule has 0 aromatic heterocycles. The molecule has 0 bridgehead atoms. The summed E-state index contributed by atoms with van der Waals surface area (Å²) in [6.45, 7) is 1.24. The second kappa shape index (κ2) is 10.6. The third-order valence-corrected chi connectivity index (χ3v) is 8.13. The Bertz CT molecular complexity index is 1160. The van der Waals surface area contributed by atoms with Gasteiger partial charge in [-0.3, -0.25) is 4.79 Å². The molecule has 0 spiro atoms. The van der Waals surface area contributed by atoms with Gasteiger partial charge >= 0.3 is 0 Å². The lowest BCUT2D eigenvalue weighted by Gasteiger charge is -2.30. The van der Waals surface area contributed by atoms with Crippen LogP contribution in [-0.2, 0) is 29.6 Å². The predicted molar refractivity (Wildman–Crippen MR) is 122 cm³/mol. The Balaban J connectivity index is 1.55. The van der Waals surface area contributed by atoms with E-state index in [0.29, 0.717) is 37.5 Å². The molecule has 0 saturated carbocycles. The molecule has 0 aliphatic carbocycles. The summed E-state index contributed by atoms with van der Waals surface area (Å²) in [6.07, 6.45) is 0.747. The van der Waals surface area contributed by atoms with Gasteiger partial charge in [-0.15, -0.1) is 0 Å². The highest BCUT2D eigenvalue weighted by Crippen LogP contribution is 2.26. The molecule has 1 aliphatic heterocycles. The van der Waals surface area contributed by atoms with Crippen molar-refractivity contribution in [2.24, 2.45) is 11.1 Å². The van der Waals surface area contributed by atoms with Crippen molar-refractivity contribution in [3.8, 4) is 5.75 Å². The first-order valence-electron chi connectivity index (χ1n) is 10.3. The van der Waals surface area contributed by atoms with Crippen molar-refractivity contribution in [1.29, 1.82) is 0 Å². The van der Waals surface area contributed by atoms with E-state index >= 15 is 0 Å². The van der Waals surface area contributed by atoms with E-state index in [4.69, 9.17) is 14.6 Å². The number of piperidine rings is 1. The highest BCUT2D eigenvalue weighted by Gasteiger charge is 2.32. The van der Waals surface area contributed by atoms with E-state index in [2.05, 4.69) is 5.32 Å². The molecule has 0 unspecified atom stereocenters. The zero-order valence-corrected chi connectivity index (χ0v) is 19.8. The summed E-state index contributed by atoms with van der Waals surface area (Å²) < 4.78 is 60.3. The minimum absolute atomic E-state index is 0.0476. The van der Waals surface area contributed by atoms with Crippen LogP contribution >= 0.6 is 0 Å². The predicted octanol–water partition coefficient (Wildman–Crippen LogP) is 1.40. The SMILES string of the molecule is COCCOc1ccc(S(=O)(=O)N2CCC(C(=O)Nc3ccc(S(N)(=O)=O)cc3)CC2)cc1. The van der Waals surface area contributed by atoms with Crippen LogP contribution in [0.2, 0.25) is 0 Å². The van der Waals surface area contributed by atoms with Crippen molar-refractivity contribution < 1.29 is 31.1 Å². The number of rotatable bonds is 9. The van der Waals surface area contributed by atoms with Gasteiger partial charge in [0.1, 0.15) is 12.4 Å². The first kappa shape index (κ1) is 25.1. The molecule has 12 heteroatoms. The van der Waals surface area contributed by atoms with Crippen LogP contribution in [0, 0.1) is 5.92 Å². The number of methoxy groups -OCH3 is 1. The van der Waals surface area contributed by atoms with Crippen LogP contribution in [0.1, 0.15) is 12.8 Å². The van der Waals surface area contributed by atoms with Crippen LogP contribution in [0.25, 0.3) is 0 Å². The molecule has 1 fully saturated rings. The highest BCUT2D eigenvalue weighted by atomic mass is 32.2. The maximum atomic E-state index is 12.9. The summed E-state index contributed by atoms with van der Waals surface area (Å²) >= 11 is 0. The molecular formula is C21H27N3O7S2. The minimum Gasteiger partial charge on any atom is -0.491 e. The number of anilines is 1. The van der Waals surface area contributed by atoms with Crippen LogP contribution in [0.5, 0.6) is 5.75 Å². The Morgan fingerprint density at radius 2 is 1.55 bits per heavy atom. The van der Waals surface area contributed by atoms with E-state index in [9.17, 15) is 21.6 Å². The van der Waals surface area contributed by atoms with E-state index < -0.39 is 20.0 Å². The summed E-state index contributed by atoms with van der Waals surface area (Å²) in [5.74, 6) is -0.0441. The van der Waals surface area contributed by atoms with Gasteiger partial charge in [0.2, 0.25) is 26.0 Å². The topological polar surface area (TPSA) is 145 Å². The fraction of sp³-hybridized carbons (Fsp3) is 0.381. The lowest BCUT2D eigenvalue weighted by Crippen LogP contribution is -2.41. The molecule has 1 amide bonds. The summed E-state index contributed by atoms with van der Waals surface area (Å²) in [6, 6.07) is 11.7. The Hall–Kier alpha value is -2.51. The lowest BCUT2D eigenvalue weighted by molar-refractivity contribution is -0.120. The van der Waals surface area contributed by atoms with Gasteiger partial charge < -0.3 is 14.8 Å². The van der Waals surface area contributed by atoms with Gasteiger partial charge in [-0.05, 0) is 61.4 Å². The van der Waals surface area contributed by atoms with Gasteiger partial charge in [0.05, 0.1) is 16.4 Å². The first-order valence-corrected chi connectivity index (χ1v) is 13.3. The van der Waals surface area contributed by atoms with Crippen molar-refractivity contribution in [2.45, 2.75) is 22.6 Å². The van der Waals surface area contributed by atoms with E-state index in [0.717, 1.165) is 0 Å². The number of nitrogens with two attached hydrogens (primary N) is 1. The molecule has 3 N–H and O–H groups in total. The number of primary sulfonamides is 1. The lowest BCUT2D eigenvalue weighted by atomic mass is 9.97. The van der Waals surface area contributed by atoms with Crippen molar-refractivity contribution in [1.82, 2.24) is 4.31 Å². The quantitative estimate of drug-likeness (QED) is 0.498. The molecular weight excluding hydrogens is 470 g/mol. The number of ether oxygens (including phenoxy) is 2. The Kier molecular flexibility index (Phi) is 8.08. The smallest absolute Gasteiger partial charge is 0.243 e. The van der Waals surface area contributed by atoms with Crippen LogP contribution in [0.15, 0.2) is 58.3 Å². The third-order valence-electron chi connectivity index (χ3n) is 5.29. The number of hydrogen-bond donors (Lipinski definition) is 2. The number of sulfonamides is 2. The minimum atomic E-state index is -3.81. The standard InChI is InChI=1S/C21H27N3O7S2/c1-30-14-15-31-18-4-8-20(9-5-18)33(28,29)24-12-10-16(11-13-24)21(25)23-17-2-6-19(7-3-17)32(22,26)27/h2-9,16H,10-15H2,1H3,(H,23,25)(H2,22,26,27). The maximum absolute atomic E-state index is 12.9. The number of nitrogens with one attached hydrogen (secondary N) is 1. The first-order chi connectivity index (χ1) is 15.6. The molecule has 1 heterocycles. The normalized spacial score (nSPS) is 15.8. The van der Waals surface area contributed by atoms with Gasteiger partial charge in [-0.25, -0.2) is 22.0 Å². The van der Waals surface area contributed by atoms with Crippen molar-refractivity contribution in [2.75, 3.05) is 38.7 Å². The fourth-order valence-corrected chi connectivity index (χ4v) is 5.42. The van der Waals surface area contributed by atoms with Crippen molar-refractivity contribution >= 4 is 31.6 Å². The molecule has 1 aliphatic rings. The van der Waals surface area contributed by atoms with E-state index in [1.165, 1.54) is 40.7 Å². The Morgan fingerprint density at radius 3 is 2.09 bits per heavy atom. The van der Waals surface area contributed by atoms with Crippen LogP contribution in [0.4, 0.5) is 5.69 Å². The molecule has 180 valence electrons. The van der Waals surface area contributed by atoms with E-state index in [1.54, 1.807) is 19.2 Å². The van der Waals surface area contributed by atoms with Gasteiger partial charge in [0, 0.05) is 31.8 Å². The van der Waals surface area contributed by atoms with Crippen molar-refractivity contribution in [3.63, 3.8) is 0 Å². The monoisotopic (exact) mass is 497 g/mol. The van der Waals surface area contributed by atoms with Crippen LogP contribution in [-0.4, -0.2) is 60.5 Å². The molecule has 10 nitrogen and oxygen atoms in total. The summed E-state index contributed by atoms with van der Waals surface area (Å²) in [5.41, 5.74) is 0.440. The molecule has 0 radical (unpaired) electrons. The number of carbonyl (C=O) groups is 1. The second-order valence-corrected chi connectivity index (χ2v) is 11.0. The largest absolute Gasteiger partial charge is 0.491 e. The summed E-state index contributed by atoms with van der Waals surface area (Å²) in [4.78, 5) is 12.7. The highest BCUT2D eigenvalue weighted by molar-refractivity contribution is 7.89. The van der Waals surface area contributed by atoms with E-state index in [-0.39, 0.29) is 34.7 Å². The van der Waals surface area contributed by atoms with Crippen LogP contribution in [0.3, 0.4) is 0 Å². The molecule has 33 heavy (non-hydrogen) atoms. The zero-order chi connectivity index (χ0) is 24.1. The Morgan fingerprint density at radius 1 is 0.970 bits per heavy atom. The number of amides is 1. The molecule has 2 aromatic rings. The second-order valence-electron chi connectivity index (χ2n) is 7.55. The summed E-state index contributed by atoms with van der Waals surface area (Å²) in [5, 5.41) is 7.80. The van der Waals surface area contributed by atoms with Crippen LogP contribution < -0.4 is 15.2 Å². The van der Waals surface area contributed by atoms with Crippen molar-refractivity contribution in [3.05, 3.63) is 48.5 Å². The molecule has 1 saturated heterocycles. The number of carbonyl (C=O) groups excluding carboxylic acids is 1. The summed E-state index contributed by atoms with van der Waals surface area (Å²) in [7, 11) is -5.92. The number of benzene rings is 2. The van der Waals surface area contributed by atoms with Gasteiger partial charge in [-0.1, -0.05) is 0 Å². The average Bonchev–Trinajstić information content (AvgIpc) is 2.79. The fourth-order valence-electron chi connectivity index (χ4n) is 3.43. The molecule has 2 aromatic carbocycles. The van der Waals surface area contributed by atoms with Gasteiger partial charge in [-0.2, -0.15) is 4.31 Å². The third kappa shape index (κ3) is 6.51. The average molecular weight is 498 g/mol. The maximum Gasteiger partial charge on any atom is 0.243 e.